The number of amides is 1. The Morgan fingerprint density at radius 3 is 2.40 bits per heavy atom. The Labute approximate surface area is 234 Å². The van der Waals surface area contributed by atoms with Crippen molar-refractivity contribution in [3.8, 4) is 11.3 Å². The molecule has 9 nitrogen and oxygen atoms in total. The van der Waals surface area contributed by atoms with E-state index in [2.05, 4.69) is 46.2 Å². The Morgan fingerprint density at radius 2 is 1.75 bits per heavy atom. The summed E-state index contributed by atoms with van der Waals surface area (Å²) in [6, 6.07) is 17.0. The van der Waals surface area contributed by atoms with Crippen molar-refractivity contribution in [3.05, 3.63) is 94.2 Å². The topological polar surface area (TPSA) is 96.3 Å². The molecule has 0 atom stereocenters. The molecule has 2 aromatic heterocycles. The van der Waals surface area contributed by atoms with Crippen LogP contribution in [0.25, 0.3) is 11.3 Å². The molecular weight excluding hydrogens is 502 g/mol. The number of anilines is 3. The summed E-state index contributed by atoms with van der Waals surface area (Å²) in [5.41, 5.74) is 4.99. The smallest absolute Gasteiger partial charge is 0.291 e. The van der Waals surface area contributed by atoms with Crippen molar-refractivity contribution in [3.63, 3.8) is 0 Å². The predicted octanol–water partition coefficient (Wildman–Crippen LogP) is 5.24. The fourth-order valence-electron chi connectivity index (χ4n) is 4.97. The highest BCUT2D eigenvalue weighted by molar-refractivity contribution is 6.05. The summed E-state index contributed by atoms with van der Waals surface area (Å²) in [6.45, 7) is 10.0. The van der Waals surface area contributed by atoms with Crippen LogP contribution in [0, 0.1) is 6.92 Å². The third-order valence-electron chi connectivity index (χ3n) is 7.29. The zero-order valence-corrected chi connectivity index (χ0v) is 23.7. The van der Waals surface area contributed by atoms with Crippen molar-refractivity contribution >= 4 is 23.1 Å². The minimum atomic E-state index is -0.227. The monoisotopic (exact) mass is 537 g/mol. The normalized spacial score (nSPS) is 13.8. The minimum Gasteiger partial charge on any atom is -0.322 e. The number of rotatable bonds is 6. The third kappa shape index (κ3) is 5.51. The van der Waals surface area contributed by atoms with Gasteiger partial charge in [-0.15, -0.1) is 0 Å². The van der Waals surface area contributed by atoms with E-state index >= 15 is 0 Å². The van der Waals surface area contributed by atoms with Gasteiger partial charge in [0.1, 0.15) is 12.0 Å². The number of aryl methyl sites for hydroxylation is 1. The summed E-state index contributed by atoms with van der Waals surface area (Å²) >= 11 is 0. The van der Waals surface area contributed by atoms with Crippen LogP contribution in [-0.4, -0.2) is 43.8 Å². The summed E-state index contributed by atoms with van der Waals surface area (Å²) in [6.07, 6.45) is 5.24. The lowest BCUT2D eigenvalue weighted by Crippen LogP contribution is -2.41. The van der Waals surface area contributed by atoms with Gasteiger partial charge < -0.3 is 5.32 Å². The highest BCUT2D eigenvalue weighted by atomic mass is 16.1. The van der Waals surface area contributed by atoms with Crippen molar-refractivity contribution in [2.75, 3.05) is 23.4 Å². The van der Waals surface area contributed by atoms with Gasteiger partial charge in [0, 0.05) is 49.2 Å². The number of carbonyl (C=O) groups excluding carboxylic acids is 1. The van der Waals surface area contributed by atoms with E-state index in [-0.39, 0.29) is 16.9 Å². The van der Waals surface area contributed by atoms with Crippen LogP contribution in [-0.2, 0) is 12.5 Å². The molecule has 1 N–H and O–H groups in total. The SMILES string of the molecule is Cc1c(NC(=O)c2ccc(C(C)(C)C)cc2)cccc1-c1cc(N(c2ccncn2)N2CCCC2)c(=O)n(C)n1. The maximum absolute atomic E-state index is 13.4. The van der Waals surface area contributed by atoms with E-state index in [0.29, 0.717) is 28.5 Å². The third-order valence-corrected chi connectivity index (χ3v) is 7.29. The van der Waals surface area contributed by atoms with Crippen molar-refractivity contribution in [2.24, 2.45) is 7.05 Å². The van der Waals surface area contributed by atoms with Gasteiger partial charge in [0.25, 0.3) is 11.5 Å². The fraction of sp³-hybridized carbons (Fsp3) is 0.323. The standard InChI is InChI=1S/C31H35N7O2/c1-21-24(9-8-10-25(21)34-29(39)22-11-13-23(14-12-22)31(2,3)4)26-19-27(30(40)36(5)35-26)38(37-17-6-7-18-37)28-15-16-32-20-33-28/h8-16,19-20H,6-7,17-18H2,1-5H3,(H,34,39). The van der Waals surface area contributed by atoms with Crippen LogP contribution >= 0.6 is 0 Å². The Kier molecular flexibility index (Phi) is 7.49. The van der Waals surface area contributed by atoms with Gasteiger partial charge in [0.15, 0.2) is 5.82 Å². The van der Waals surface area contributed by atoms with Crippen molar-refractivity contribution in [2.45, 2.75) is 46.0 Å². The second kappa shape index (κ2) is 11.0. The van der Waals surface area contributed by atoms with Gasteiger partial charge in [-0.25, -0.2) is 19.7 Å². The maximum atomic E-state index is 13.4. The van der Waals surface area contributed by atoms with Gasteiger partial charge in [-0.05, 0) is 60.6 Å². The van der Waals surface area contributed by atoms with Crippen LogP contribution in [0.5, 0.6) is 0 Å². The van der Waals surface area contributed by atoms with Gasteiger partial charge in [0.2, 0.25) is 0 Å². The molecule has 0 saturated carbocycles. The molecular formula is C31H35N7O2. The number of hydrogen-bond acceptors (Lipinski definition) is 7. The van der Waals surface area contributed by atoms with Crippen molar-refractivity contribution in [1.29, 1.82) is 0 Å². The molecule has 9 heteroatoms. The molecule has 1 aliphatic heterocycles. The number of hydrogen-bond donors (Lipinski definition) is 1. The van der Waals surface area contributed by atoms with E-state index in [1.807, 2.05) is 60.5 Å². The largest absolute Gasteiger partial charge is 0.322 e. The van der Waals surface area contributed by atoms with E-state index in [0.717, 1.165) is 37.1 Å². The highest BCUT2D eigenvalue weighted by Gasteiger charge is 2.26. The summed E-state index contributed by atoms with van der Waals surface area (Å²) in [5, 5.41) is 11.7. The Balaban J connectivity index is 1.50. The number of carbonyl (C=O) groups is 1. The summed E-state index contributed by atoms with van der Waals surface area (Å²) in [4.78, 5) is 35.0. The molecule has 0 radical (unpaired) electrons. The van der Waals surface area contributed by atoms with Crippen LogP contribution in [0.3, 0.4) is 0 Å². The van der Waals surface area contributed by atoms with Crippen LogP contribution in [0.1, 0.15) is 55.1 Å². The Bertz CT molecular complexity index is 1570. The molecule has 0 bridgehead atoms. The Hall–Kier alpha value is -4.37. The van der Waals surface area contributed by atoms with Crippen molar-refractivity contribution < 1.29 is 4.79 Å². The lowest BCUT2D eigenvalue weighted by molar-refractivity contribution is 0.102. The zero-order chi connectivity index (χ0) is 28.4. The van der Waals surface area contributed by atoms with Gasteiger partial charge in [-0.3, -0.25) is 14.6 Å². The number of nitrogens with one attached hydrogen (secondary N) is 1. The molecule has 5 rings (SSSR count). The molecule has 2 aromatic carbocycles. The molecule has 3 heterocycles. The second-order valence-corrected chi connectivity index (χ2v) is 11.1. The van der Waals surface area contributed by atoms with E-state index in [1.54, 1.807) is 19.3 Å². The molecule has 1 amide bonds. The fourth-order valence-corrected chi connectivity index (χ4v) is 4.97. The average Bonchev–Trinajstić information content (AvgIpc) is 3.47. The minimum absolute atomic E-state index is 0.0133. The number of nitrogens with zero attached hydrogens (tertiary/aromatic N) is 6. The van der Waals surface area contributed by atoms with E-state index in [4.69, 9.17) is 0 Å². The molecule has 0 spiro atoms. The highest BCUT2D eigenvalue weighted by Crippen LogP contribution is 2.32. The van der Waals surface area contributed by atoms with E-state index in [9.17, 15) is 9.59 Å². The summed E-state index contributed by atoms with van der Waals surface area (Å²) in [7, 11) is 1.65. The number of benzene rings is 2. The molecule has 4 aromatic rings. The zero-order valence-electron chi connectivity index (χ0n) is 23.7. The number of aromatic nitrogens is 4. The van der Waals surface area contributed by atoms with Gasteiger partial charge in [-0.2, -0.15) is 5.10 Å². The molecule has 206 valence electrons. The molecule has 0 unspecified atom stereocenters. The first-order valence-electron chi connectivity index (χ1n) is 13.5. The van der Waals surface area contributed by atoms with Gasteiger partial charge in [-0.1, -0.05) is 45.0 Å². The van der Waals surface area contributed by atoms with Crippen LogP contribution in [0.4, 0.5) is 17.2 Å². The molecule has 1 saturated heterocycles. The average molecular weight is 538 g/mol. The first kappa shape index (κ1) is 27.2. The molecule has 0 aliphatic carbocycles. The second-order valence-electron chi connectivity index (χ2n) is 11.1. The first-order valence-corrected chi connectivity index (χ1v) is 13.5. The maximum Gasteiger partial charge on any atom is 0.291 e. The van der Waals surface area contributed by atoms with E-state index < -0.39 is 0 Å². The lowest BCUT2D eigenvalue weighted by atomic mass is 9.86. The first-order chi connectivity index (χ1) is 19.1. The van der Waals surface area contributed by atoms with E-state index in [1.165, 1.54) is 16.6 Å². The van der Waals surface area contributed by atoms with Crippen LogP contribution in [0.15, 0.2) is 71.9 Å². The van der Waals surface area contributed by atoms with Gasteiger partial charge in [0.05, 0.1) is 5.69 Å². The predicted molar refractivity (Wildman–Crippen MR) is 158 cm³/mol. The molecule has 1 aliphatic rings. The van der Waals surface area contributed by atoms with Crippen molar-refractivity contribution in [1.82, 2.24) is 24.8 Å². The summed E-state index contributed by atoms with van der Waals surface area (Å²) in [5.74, 6) is 0.445. The molecule has 40 heavy (non-hydrogen) atoms. The summed E-state index contributed by atoms with van der Waals surface area (Å²) < 4.78 is 1.36. The lowest BCUT2D eigenvalue weighted by Gasteiger charge is -2.32. The number of hydrazine groups is 1. The quantitative estimate of drug-likeness (QED) is 0.359. The Morgan fingerprint density at radius 1 is 1.02 bits per heavy atom. The van der Waals surface area contributed by atoms with Crippen LogP contribution in [0.2, 0.25) is 0 Å². The van der Waals surface area contributed by atoms with Crippen LogP contribution < -0.4 is 15.9 Å². The van der Waals surface area contributed by atoms with Gasteiger partial charge >= 0.3 is 0 Å². The molecule has 1 fully saturated rings.